The molecule has 1 aromatic carbocycles. The maximum Gasteiger partial charge on any atom is 0 e. The Morgan fingerprint density at radius 1 is 1.00 bits per heavy atom. The molecule has 0 aliphatic carbocycles. The molecule has 0 amide bonds. The molecule has 41 valence electrons. The molecule has 2 heteroatoms. The molecule has 0 atom stereocenters. The van der Waals surface area contributed by atoms with Crippen molar-refractivity contribution in [1.82, 2.24) is 0 Å². The van der Waals surface area contributed by atoms with Gasteiger partial charge in [-0.1, -0.05) is 6.07 Å². The predicted molar refractivity (Wildman–Crippen MR) is 30.9 cm³/mol. The minimum atomic E-state index is 0. The van der Waals surface area contributed by atoms with Crippen molar-refractivity contribution in [2.24, 2.45) is 0 Å². The first-order valence-electron chi connectivity index (χ1n) is 2.26. The van der Waals surface area contributed by atoms with Gasteiger partial charge in [-0.25, -0.2) is 0 Å². The second-order valence-electron chi connectivity index (χ2n) is 1.49. The molecule has 1 radical (unpaired) electrons. The summed E-state index contributed by atoms with van der Waals surface area (Å²) in [6.45, 7) is 3.72. The minimum absolute atomic E-state index is 0. The molecule has 0 aliphatic rings. The Kier molecular flexibility index (Phi) is 9.62. The fourth-order valence-corrected chi connectivity index (χ4v) is 0.478. The molecule has 0 spiro atoms. The van der Waals surface area contributed by atoms with Crippen LogP contribution in [0, 0.1) is 6.92 Å². The molecule has 1 rings (SSSR count). The summed E-state index contributed by atoms with van der Waals surface area (Å²) in [6.07, 6.45) is 0. The van der Waals surface area contributed by atoms with E-state index in [4.69, 9.17) is 0 Å². The van der Waals surface area contributed by atoms with Crippen LogP contribution in [0.4, 0.5) is 0 Å². The zero-order valence-corrected chi connectivity index (χ0v) is 11.2. The van der Waals surface area contributed by atoms with E-state index in [1.165, 1.54) is 0 Å². The van der Waals surface area contributed by atoms with Gasteiger partial charge in [0.05, 0.1) is 0 Å². The first-order chi connectivity index (χ1) is 3.39. The fraction of sp³-hybridized carbons (Fsp3) is 0. The Morgan fingerprint density at radius 2 is 1.44 bits per heavy atom. The summed E-state index contributed by atoms with van der Waals surface area (Å²) in [5.74, 6) is 0. The molecule has 9 heavy (non-hydrogen) atoms. The van der Waals surface area contributed by atoms with E-state index in [-0.39, 0.29) is 52.2 Å². The molecule has 0 saturated heterocycles. The smallest absolute Gasteiger partial charge is 0 e. The van der Waals surface area contributed by atoms with Crippen LogP contribution in [0.5, 0.6) is 0 Å². The second kappa shape index (κ2) is 6.93. The predicted octanol–water partition coefficient (Wildman–Crippen LogP) is 1.86. The van der Waals surface area contributed by atoms with Crippen LogP contribution in [0.1, 0.15) is 5.56 Å². The summed E-state index contributed by atoms with van der Waals surface area (Å²) in [4.78, 5) is 0. The van der Waals surface area contributed by atoms with Gasteiger partial charge in [0.2, 0.25) is 0 Å². The third-order valence-electron chi connectivity index (χ3n) is 0.843. The third-order valence-corrected chi connectivity index (χ3v) is 0.843. The van der Waals surface area contributed by atoms with Crippen LogP contribution in [0.2, 0.25) is 0 Å². The average molecular weight is 245 g/mol. The van der Waals surface area contributed by atoms with Crippen LogP contribution in [-0.2, 0) is 52.2 Å². The molecule has 0 saturated carbocycles. The van der Waals surface area contributed by atoms with Crippen LogP contribution in [0.25, 0.3) is 0 Å². The topological polar surface area (TPSA) is 0 Å². The van der Waals surface area contributed by atoms with E-state index in [1.807, 2.05) is 30.3 Å². The van der Waals surface area contributed by atoms with Crippen molar-refractivity contribution >= 4 is 0 Å². The van der Waals surface area contributed by atoms with Gasteiger partial charge >= 0.3 is 0 Å². The van der Waals surface area contributed by atoms with Crippen molar-refractivity contribution in [2.75, 3.05) is 0 Å². The van der Waals surface area contributed by atoms with E-state index < -0.39 is 0 Å². The van der Waals surface area contributed by atoms with Crippen LogP contribution in [0.3, 0.4) is 0 Å². The molecule has 0 heterocycles. The van der Waals surface area contributed by atoms with E-state index in [0.717, 1.165) is 5.56 Å². The van der Waals surface area contributed by atoms with Crippen molar-refractivity contribution < 1.29 is 52.2 Å². The Bertz CT molecular complexity index is 139. The minimum Gasteiger partial charge on any atom is -0.199 e. The summed E-state index contributed by atoms with van der Waals surface area (Å²) < 4.78 is 0. The zero-order chi connectivity index (χ0) is 5.11. The standard InChI is InChI=1S/C7H7.Y.Zn/c1-7-5-3-2-4-6-7;;/h2-6H,1H2;;/q-1;;. The van der Waals surface area contributed by atoms with E-state index in [1.54, 1.807) is 0 Å². The van der Waals surface area contributed by atoms with Gasteiger partial charge < -0.3 is 0 Å². The maximum atomic E-state index is 3.72. The summed E-state index contributed by atoms with van der Waals surface area (Å²) in [5.41, 5.74) is 1.07. The second-order valence-corrected chi connectivity index (χ2v) is 1.49. The molecule has 0 aromatic heterocycles. The van der Waals surface area contributed by atoms with Gasteiger partial charge in [-0.3, -0.25) is 0 Å². The monoisotopic (exact) mass is 244 g/mol. The molecule has 0 aliphatic heterocycles. The maximum absolute atomic E-state index is 3.72. The van der Waals surface area contributed by atoms with Crippen molar-refractivity contribution in [3.05, 3.63) is 42.8 Å². The van der Waals surface area contributed by atoms with Crippen molar-refractivity contribution in [3.63, 3.8) is 0 Å². The Balaban J connectivity index is 0. The summed E-state index contributed by atoms with van der Waals surface area (Å²) in [7, 11) is 0. The molecule has 0 unspecified atom stereocenters. The normalized spacial score (nSPS) is 6.67. The SMILES string of the molecule is [CH2-]c1ccccc1.[Y].[Zn]. The average Bonchev–Trinajstić information content (AvgIpc) is 1.69. The molecule has 1 aromatic rings. The summed E-state index contributed by atoms with van der Waals surface area (Å²) >= 11 is 0. The summed E-state index contributed by atoms with van der Waals surface area (Å²) in [5, 5.41) is 0. The molecular formula is C7H7YZn-. The first-order valence-corrected chi connectivity index (χ1v) is 2.26. The van der Waals surface area contributed by atoms with E-state index in [9.17, 15) is 0 Å². The summed E-state index contributed by atoms with van der Waals surface area (Å²) in [6, 6.07) is 9.87. The number of hydrogen-bond donors (Lipinski definition) is 0. The Hall–Kier alpha value is 0.817. The van der Waals surface area contributed by atoms with Crippen molar-refractivity contribution in [3.8, 4) is 0 Å². The Labute approximate surface area is 94.1 Å². The molecule has 0 N–H and O–H groups in total. The largest absolute Gasteiger partial charge is 0.199 e. The Morgan fingerprint density at radius 3 is 1.67 bits per heavy atom. The quantitative estimate of drug-likeness (QED) is 0.483. The van der Waals surface area contributed by atoms with Crippen molar-refractivity contribution in [1.29, 1.82) is 0 Å². The number of hydrogen-bond acceptors (Lipinski definition) is 0. The van der Waals surface area contributed by atoms with Gasteiger partial charge in [-0.15, -0.1) is 12.1 Å². The molecule has 0 nitrogen and oxygen atoms in total. The zero-order valence-electron chi connectivity index (χ0n) is 5.38. The first kappa shape index (κ1) is 12.5. The van der Waals surface area contributed by atoms with Gasteiger partial charge in [0.25, 0.3) is 0 Å². The van der Waals surface area contributed by atoms with Crippen LogP contribution in [-0.4, -0.2) is 0 Å². The van der Waals surface area contributed by atoms with Gasteiger partial charge in [-0.2, -0.15) is 24.6 Å². The van der Waals surface area contributed by atoms with Gasteiger partial charge in [0, 0.05) is 52.2 Å². The van der Waals surface area contributed by atoms with Crippen LogP contribution in [0.15, 0.2) is 30.3 Å². The third kappa shape index (κ3) is 5.27. The van der Waals surface area contributed by atoms with Gasteiger partial charge in [0.1, 0.15) is 0 Å². The fourth-order valence-electron chi connectivity index (χ4n) is 0.478. The number of benzene rings is 1. The molecule has 0 fully saturated rings. The van der Waals surface area contributed by atoms with E-state index in [0.29, 0.717) is 0 Å². The molecule has 0 bridgehead atoms. The van der Waals surface area contributed by atoms with E-state index in [2.05, 4.69) is 6.92 Å². The molecular weight excluding hydrogens is 238 g/mol. The number of rotatable bonds is 0. The van der Waals surface area contributed by atoms with Gasteiger partial charge in [-0.05, 0) is 0 Å². The van der Waals surface area contributed by atoms with Crippen LogP contribution < -0.4 is 0 Å². The van der Waals surface area contributed by atoms with Crippen LogP contribution >= 0.6 is 0 Å². The van der Waals surface area contributed by atoms with Crippen molar-refractivity contribution in [2.45, 2.75) is 0 Å². The van der Waals surface area contributed by atoms with Gasteiger partial charge in [0.15, 0.2) is 0 Å². The van der Waals surface area contributed by atoms with E-state index >= 15 is 0 Å².